The molecule has 1 aliphatic rings. The number of H-pyrrole nitrogens is 1. The molecular weight excluding hydrogens is 224 g/mol. The number of aromatic hydroxyl groups is 1. The highest BCUT2D eigenvalue weighted by Crippen LogP contribution is 2.33. The Kier molecular flexibility index (Phi) is 3.06. The lowest BCUT2D eigenvalue weighted by atomic mass is 10.2. The van der Waals surface area contributed by atoms with Crippen LogP contribution in [0.4, 0.5) is 0 Å². The van der Waals surface area contributed by atoms with Gasteiger partial charge in [-0.3, -0.25) is 14.3 Å². The van der Waals surface area contributed by atoms with Crippen molar-refractivity contribution in [3.8, 4) is 5.88 Å². The van der Waals surface area contributed by atoms with Crippen molar-refractivity contribution < 1.29 is 9.84 Å². The van der Waals surface area contributed by atoms with E-state index in [1.54, 1.807) is 7.11 Å². The standard InChI is InChI=1S/C11H16N2O4/c1-6-9(14)12-11(16)13(10(6)15)7-4-3-5-8(7)17-2/h7-8,15H,3-5H2,1-2H3,(H,12,14,16). The normalized spacial score (nSPS) is 24.1. The number of aromatic nitrogens is 2. The van der Waals surface area contributed by atoms with Crippen LogP contribution in [0.25, 0.3) is 0 Å². The second kappa shape index (κ2) is 4.37. The summed E-state index contributed by atoms with van der Waals surface area (Å²) in [6, 6.07) is -0.206. The highest BCUT2D eigenvalue weighted by Gasteiger charge is 2.31. The van der Waals surface area contributed by atoms with Crippen LogP contribution >= 0.6 is 0 Å². The summed E-state index contributed by atoms with van der Waals surface area (Å²) in [5.74, 6) is -0.257. The number of nitrogens with zero attached hydrogens (tertiary/aromatic N) is 1. The third-order valence-corrected chi connectivity index (χ3v) is 3.40. The number of hydrogen-bond donors (Lipinski definition) is 2. The van der Waals surface area contributed by atoms with Crippen molar-refractivity contribution in [3.63, 3.8) is 0 Å². The molecule has 6 nitrogen and oxygen atoms in total. The molecule has 0 aromatic carbocycles. The zero-order valence-electron chi connectivity index (χ0n) is 9.90. The maximum Gasteiger partial charge on any atom is 0.331 e. The van der Waals surface area contributed by atoms with Crippen LogP contribution in [0.5, 0.6) is 5.88 Å². The Morgan fingerprint density at radius 3 is 2.76 bits per heavy atom. The van der Waals surface area contributed by atoms with Crippen LogP contribution in [0, 0.1) is 6.92 Å². The first-order valence-electron chi connectivity index (χ1n) is 5.63. The van der Waals surface area contributed by atoms with Gasteiger partial charge >= 0.3 is 5.69 Å². The number of methoxy groups -OCH3 is 1. The average molecular weight is 240 g/mol. The molecule has 1 aliphatic carbocycles. The number of rotatable bonds is 2. The summed E-state index contributed by atoms with van der Waals surface area (Å²) in [7, 11) is 1.59. The van der Waals surface area contributed by atoms with Gasteiger partial charge in [0.15, 0.2) is 0 Å². The minimum Gasteiger partial charge on any atom is -0.494 e. The molecule has 0 amide bonds. The third-order valence-electron chi connectivity index (χ3n) is 3.40. The van der Waals surface area contributed by atoms with Crippen molar-refractivity contribution in [1.82, 2.24) is 9.55 Å². The van der Waals surface area contributed by atoms with Crippen LogP contribution in [-0.2, 0) is 4.74 Å². The molecule has 17 heavy (non-hydrogen) atoms. The van der Waals surface area contributed by atoms with Crippen LogP contribution in [0.3, 0.4) is 0 Å². The molecule has 0 aliphatic heterocycles. The highest BCUT2D eigenvalue weighted by molar-refractivity contribution is 5.21. The summed E-state index contributed by atoms with van der Waals surface area (Å²) >= 11 is 0. The molecule has 1 heterocycles. The minimum atomic E-state index is -0.577. The molecule has 0 radical (unpaired) electrons. The lowest BCUT2D eigenvalue weighted by Crippen LogP contribution is -2.36. The zero-order chi connectivity index (χ0) is 12.6. The van der Waals surface area contributed by atoms with Gasteiger partial charge in [0.05, 0.1) is 17.7 Å². The number of aromatic amines is 1. The Hall–Kier alpha value is -1.56. The summed E-state index contributed by atoms with van der Waals surface area (Å²) in [6.45, 7) is 1.49. The van der Waals surface area contributed by atoms with E-state index in [1.165, 1.54) is 11.5 Å². The maximum absolute atomic E-state index is 11.8. The van der Waals surface area contributed by atoms with Gasteiger partial charge in [0, 0.05) is 7.11 Å². The molecule has 0 saturated heterocycles. The van der Waals surface area contributed by atoms with Crippen molar-refractivity contribution in [1.29, 1.82) is 0 Å². The summed E-state index contributed by atoms with van der Waals surface area (Å²) in [4.78, 5) is 25.3. The van der Waals surface area contributed by atoms with Gasteiger partial charge in [-0.2, -0.15) is 0 Å². The highest BCUT2D eigenvalue weighted by atomic mass is 16.5. The van der Waals surface area contributed by atoms with Gasteiger partial charge in [-0.25, -0.2) is 4.79 Å². The van der Waals surface area contributed by atoms with E-state index in [0.29, 0.717) is 0 Å². The van der Waals surface area contributed by atoms with Gasteiger partial charge in [0.1, 0.15) is 0 Å². The lowest BCUT2D eigenvalue weighted by Gasteiger charge is -2.21. The van der Waals surface area contributed by atoms with Crippen molar-refractivity contribution in [2.75, 3.05) is 7.11 Å². The van der Waals surface area contributed by atoms with E-state index in [4.69, 9.17) is 4.74 Å². The number of nitrogens with one attached hydrogen (secondary N) is 1. The van der Waals surface area contributed by atoms with Gasteiger partial charge < -0.3 is 9.84 Å². The predicted molar refractivity (Wildman–Crippen MR) is 61.4 cm³/mol. The fourth-order valence-corrected chi connectivity index (χ4v) is 2.41. The molecule has 0 spiro atoms. The molecule has 1 fully saturated rings. The Morgan fingerprint density at radius 1 is 1.41 bits per heavy atom. The van der Waals surface area contributed by atoms with E-state index in [2.05, 4.69) is 4.98 Å². The van der Waals surface area contributed by atoms with Crippen LogP contribution < -0.4 is 11.2 Å². The summed E-state index contributed by atoms with van der Waals surface area (Å²) < 4.78 is 6.53. The smallest absolute Gasteiger partial charge is 0.331 e. The van der Waals surface area contributed by atoms with Gasteiger partial charge in [-0.05, 0) is 26.2 Å². The molecule has 94 valence electrons. The third kappa shape index (κ3) is 1.88. The summed E-state index contributed by atoms with van der Waals surface area (Å²) in [5, 5.41) is 9.92. The maximum atomic E-state index is 11.8. The van der Waals surface area contributed by atoms with E-state index in [-0.39, 0.29) is 23.6 Å². The zero-order valence-corrected chi connectivity index (χ0v) is 9.90. The first-order chi connectivity index (χ1) is 8.06. The van der Waals surface area contributed by atoms with Crippen molar-refractivity contribution in [3.05, 3.63) is 26.4 Å². The van der Waals surface area contributed by atoms with Crippen molar-refractivity contribution in [2.24, 2.45) is 0 Å². The van der Waals surface area contributed by atoms with Crippen molar-refractivity contribution in [2.45, 2.75) is 38.3 Å². The van der Waals surface area contributed by atoms with E-state index in [0.717, 1.165) is 19.3 Å². The predicted octanol–water partition coefficient (Wildman–Crippen LogP) is 0.291. The number of hydrogen-bond acceptors (Lipinski definition) is 4. The Balaban J connectivity index is 2.56. The molecule has 0 bridgehead atoms. The molecule has 2 unspecified atom stereocenters. The van der Waals surface area contributed by atoms with Crippen LogP contribution in [0.15, 0.2) is 9.59 Å². The molecule has 1 aromatic rings. The second-order valence-corrected chi connectivity index (χ2v) is 4.35. The van der Waals surface area contributed by atoms with Crippen LogP contribution in [0.1, 0.15) is 30.9 Å². The first kappa shape index (κ1) is 11.9. The van der Waals surface area contributed by atoms with E-state index >= 15 is 0 Å². The SMILES string of the molecule is COC1CCCC1n1c(O)c(C)c(=O)[nH]c1=O. The Labute approximate surface area is 97.9 Å². The molecule has 2 N–H and O–H groups in total. The second-order valence-electron chi connectivity index (χ2n) is 4.35. The average Bonchev–Trinajstić information content (AvgIpc) is 2.74. The first-order valence-corrected chi connectivity index (χ1v) is 5.63. The van der Waals surface area contributed by atoms with Gasteiger partial charge in [0.2, 0.25) is 5.88 Å². The molecule has 1 aromatic heterocycles. The summed E-state index contributed by atoms with van der Waals surface area (Å²) in [5.41, 5.74) is -0.964. The molecule has 2 atom stereocenters. The minimum absolute atomic E-state index is 0.0936. The summed E-state index contributed by atoms with van der Waals surface area (Å²) in [6.07, 6.45) is 2.46. The van der Waals surface area contributed by atoms with E-state index in [9.17, 15) is 14.7 Å². The molecule has 2 rings (SSSR count). The molecular formula is C11H16N2O4. The topological polar surface area (TPSA) is 84.3 Å². The molecule has 1 saturated carbocycles. The lowest BCUT2D eigenvalue weighted by molar-refractivity contribution is 0.0702. The van der Waals surface area contributed by atoms with Gasteiger partial charge in [-0.15, -0.1) is 0 Å². The molecule has 6 heteroatoms. The van der Waals surface area contributed by atoms with Crippen LogP contribution in [-0.4, -0.2) is 27.9 Å². The fraction of sp³-hybridized carbons (Fsp3) is 0.636. The monoisotopic (exact) mass is 240 g/mol. The Bertz CT molecular complexity index is 531. The van der Waals surface area contributed by atoms with E-state index in [1.807, 2.05) is 0 Å². The fourth-order valence-electron chi connectivity index (χ4n) is 2.41. The van der Waals surface area contributed by atoms with E-state index < -0.39 is 11.2 Å². The number of ether oxygens (including phenoxy) is 1. The van der Waals surface area contributed by atoms with Gasteiger partial charge in [0.25, 0.3) is 5.56 Å². The quantitative estimate of drug-likeness (QED) is 0.778. The van der Waals surface area contributed by atoms with Crippen molar-refractivity contribution >= 4 is 0 Å². The van der Waals surface area contributed by atoms with Gasteiger partial charge in [-0.1, -0.05) is 0 Å². The largest absolute Gasteiger partial charge is 0.494 e. The van der Waals surface area contributed by atoms with Crippen LogP contribution in [0.2, 0.25) is 0 Å². The Morgan fingerprint density at radius 2 is 2.12 bits per heavy atom.